The van der Waals surface area contributed by atoms with Gasteiger partial charge in [0.25, 0.3) is 0 Å². The van der Waals surface area contributed by atoms with E-state index in [-0.39, 0.29) is 6.61 Å². The van der Waals surface area contributed by atoms with Crippen molar-refractivity contribution in [1.29, 1.82) is 0 Å². The van der Waals surface area contributed by atoms with Gasteiger partial charge in [-0.2, -0.15) is 0 Å². The predicted octanol–water partition coefficient (Wildman–Crippen LogP) is 2.34. The highest BCUT2D eigenvalue weighted by atomic mass is 16.3. The lowest BCUT2D eigenvalue weighted by Crippen LogP contribution is -2.27. The smallest absolute Gasteiger partial charge is 0.106 e. The number of aryl methyl sites for hydroxylation is 2. The number of aliphatic hydroxyl groups is 1. The van der Waals surface area contributed by atoms with Crippen LogP contribution in [0.1, 0.15) is 19.2 Å². The molecule has 1 heterocycles. The number of anilines is 1. The number of nitrogens with zero attached hydrogens (tertiary/aromatic N) is 3. The molecule has 19 heavy (non-hydrogen) atoms. The second kappa shape index (κ2) is 5.61. The van der Waals surface area contributed by atoms with Crippen LogP contribution in [0.2, 0.25) is 0 Å². The van der Waals surface area contributed by atoms with E-state index in [2.05, 4.69) is 46.6 Å². The van der Waals surface area contributed by atoms with Gasteiger partial charge in [-0.1, -0.05) is 6.92 Å². The van der Waals surface area contributed by atoms with Gasteiger partial charge in [-0.25, -0.2) is 4.98 Å². The van der Waals surface area contributed by atoms with Crippen molar-refractivity contribution >= 4 is 16.7 Å². The van der Waals surface area contributed by atoms with Crippen LogP contribution in [0.5, 0.6) is 0 Å². The Bertz CT molecular complexity index is 558. The fourth-order valence-corrected chi connectivity index (χ4v) is 2.35. The van der Waals surface area contributed by atoms with Crippen LogP contribution in [0.15, 0.2) is 18.2 Å². The maximum atomic E-state index is 9.29. The second-order valence-electron chi connectivity index (χ2n) is 5.23. The molecular formula is C15H23N3O. The minimum absolute atomic E-state index is 0.242. The van der Waals surface area contributed by atoms with Crippen molar-refractivity contribution in [3.8, 4) is 0 Å². The molecule has 2 aromatic rings. The molecule has 1 N–H and O–H groups in total. The number of benzene rings is 1. The lowest BCUT2D eigenvalue weighted by Gasteiger charge is -2.23. The third-order valence-electron chi connectivity index (χ3n) is 3.90. The van der Waals surface area contributed by atoms with Gasteiger partial charge in [0.15, 0.2) is 0 Å². The fourth-order valence-electron chi connectivity index (χ4n) is 2.35. The minimum Gasteiger partial charge on any atom is -0.396 e. The quantitative estimate of drug-likeness (QED) is 0.898. The lowest BCUT2D eigenvalue weighted by atomic mass is 10.1. The molecule has 1 atom stereocenters. The number of hydrogen-bond donors (Lipinski definition) is 1. The summed E-state index contributed by atoms with van der Waals surface area (Å²) in [7, 11) is 4.10. The van der Waals surface area contributed by atoms with E-state index in [0.29, 0.717) is 5.92 Å². The first-order valence-electron chi connectivity index (χ1n) is 6.81. The normalized spacial score (nSPS) is 12.9. The summed E-state index contributed by atoms with van der Waals surface area (Å²) >= 11 is 0. The molecule has 1 unspecified atom stereocenters. The van der Waals surface area contributed by atoms with E-state index in [4.69, 9.17) is 0 Å². The molecule has 104 valence electrons. The summed E-state index contributed by atoms with van der Waals surface area (Å²) in [5, 5.41) is 9.29. The Morgan fingerprint density at radius 3 is 2.79 bits per heavy atom. The average molecular weight is 261 g/mol. The number of aliphatic hydroxyl groups excluding tert-OH is 1. The Morgan fingerprint density at radius 1 is 1.42 bits per heavy atom. The predicted molar refractivity (Wildman–Crippen MR) is 79.6 cm³/mol. The zero-order valence-electron chi connectivity index (χ0n) is 12.2. The molecule has 0 aliphatic heterocycles. The number of hydrogen-bond acceptors (Lipinski definition) is 3. The molecule has 0 radical (unpaired) electrons. The molecule has 0 saturated carbocycles. The Kier molecular flexibility index (Phi) is 4.10. The number of aromatic nitrogens is 2. The van der Waals surface area contributed by atoms with Crippen molar-refractivity contribution in [1.82, 2.24) is 9.55 Å². The monoisotopic (exact) mass is 261 g/mol. The third-order valence-corrected chi connectivity index (χ3v) is 3.90. The van der Waals surface area contributed by atoms with E-state index in [9.17, 15) is 5.11 Å². The van der Waals surface area contributed by atoms with Crippen molar-refractivity contribution in [2.45, 2.75) is 20.3 Å². The zero-order chi connectivity index (χ0) is 14.0. The van der Waals surface area contributed by atoms with Crippen molar-refractivity contribution in [2.24, 2.45) is 13.0 Å². The first kappa shape index (κ1) is 13.9. The summed E-state index contributed by atoms with van der Waals surface area (Å²) < 4.78 is 2.10. The number of imidazole rings is 1. The van der Waals surface area contributed by atoms with Crippen LogP contribution in [0, 0.1) is 12.8 Å². The summed E-state index contributed by atoms with van der Waals surface area (Å²) in [6.45, 7) is 5.23. The molecule has 1 aromatic carbocycles. The molecule has 4 heteroatoms. The van der Waals surface area contributed by atoms with E-state index in [1.807, 2.05) is 14.0 Å². The highest BCUT2D eigenvalue weighted by Gasteiger charge is 2.11. The van der Waals surface area contributed by atoms with Gasteiger partial charge in [0, 0.05) is 32.9 Å². The standard InChI is InChI=1S/C15H23N3O/c1-5-12(10-19)9-17(3)13-6-7-15-14(8-13)16-11(2)18(15)4/h6-8,12,19H,5,9-10H2,1-4H3. The van der Waals surface area contributed by atoms with Gasteiger partial charge < -0.3 is 14.6 Å². The molecule has 2 rings (SSSR count). The topological polar surface area (TPSA) is 41.3 Å². The van der Waals surface area contributed by atoms with E-state index in [0.717, 1.165) is 35.5 Å². The van der Waals surface area contributed by atoms with E-state index >= 15 is 0 Å². The van der Waals surface area contributed by atoms with Crippen molar-refractivity contribution in [3.63, 3.8) is 0 Å². The first-order valence-corrected chi connectivity index (χ1v) is 6.81. The van der Waals surface area contributed by atoms with Gasteiger partial charge in [0.1, 0.15) is 5.82 Å². The lowest BCUT2D eigenvalue weighted by molar-refractivity contribution is 0.225. The molecule has 0 spiro atoms. The van der Waals surface area contributed by atoms with Crippen LogP contribution < -0.4 is 4.90 Å². The maximum absolute atomic E-state index is 9.29. The molecule has 0 bridgehead atoms. The summed E-state index contributed by atoms with van der Waals surface area (Å²) in [5.74, 6) is 1.35. The maximum Gasteiger partial charge on any atom is 0.106 e. The summed E-state index contributed by atoms with van der Waals surface area (Å²) in [4.78, 5) is 6.75. The van der Waals surface area contributed by atoms with Crippen LogP contribution in [-0.4, -0.2) is 34.9 Å². The van der Waals surface area contributed by atoms with E-state index in [1.165, 1.54) is 0 Å². The fraction of sp³-hybridized carbons (Fsp3) is 0.533. The van der Waals surface area contributed by atoms with Gasteiger partial charge in [-0.15, -0.1) is 0 Å². The Balaban J connectivity index is 2.25. The zero-order valence-corrected chi connectivity index (χ0v) is 12.2. The number of fused-ring (bicyclic) bond motifs is 1. The molecular weight excluding hydrogens is 238 g/mol. The average Bonchev–Trinajstić information content (AvgIpc) is 2.70. The molecule has 0 amide bonds. The summed E-state index contributed by atoms with van der Waals surface area (Å²) in [6, 6.07) is 6.35. The van der Waals surface area contributed by atoms with Gasteiger partial charge in [-0.3, -0.25) is 0 Å². The van der Waals surface area contributed by atoms with Crippen LogP contribution in [0.3, 0.4) is 0 Å². The molecule has 1 aromatic heterocycles. The van der Waals surface area contributed by atoms with Gasteiger partial charge in [0.05, 0.1) is 11.0 Å². The van der Waals surface area contributed by atoms with Gasteiger partial charge >= 0.3 is 0 Å². The molecule has 4 nitrogen and oxygen atoms in total. The highest BCUT2D eigenvalue weighted by molar-refractivity contribution is 5.80. The molecule has 0 aliphatic carbocycles. The van der Waals surface area contributed by atoms with Crippen molar-refractivity contribution in [2.75, 3.05) is 25.1 Å². The van der Waals surface area contributed by atoms with E-state index in [1.54, 1.807) is 0 Å². The van der Waals surface area contributed by atoms with Crippen LogP contribution in [0.4, 0.5) is 5.69 Å². The van der Waals surface area contributed by atoms with Crippen molar-refractivity contribution in [3.05, 3.63) is 24.0 Å². The Labute approximate surface area is 114 Å². The molecule has 0 fully saturated rings. The third kappa shape index (κ3) is 2.73. The summed E-state index contributed by atoms with van der Waals surface area (Å²) in [5.41, 5.74) is 3.34. The van der Waals surface area contributed by atoms with Crippen molar-refractivity contribution < 1.29 is 5.11 Å². The van der Waals surface area contributed by atoms with Gasteiger partial charge in [-0.05, 0) is 37.5 Å². The largest absolute Gasteiger partial charge is 0.396 e. The minimum atomic E-state index is 0.242. The van der Waals surface area contributed by atoms with E-state index < -0.39 is 0 Å². The van der Waals surface area contributed by atoms with Gasteiger partial charge in [0.2, 0.25) is 0 Å². The van der Waals surface area contributed by atoms with Crippen LogP contribution >= 0.6 is 0 Å². The Morgan fingerprint density at radius 2 is 2.16 bits per heavy atom. The van der Waals surface area contributed by atoms with Crippen LogP contribution in [0.25, 0.3) is 11.0 Å². The summed E-state index contributed by atoms with van der Waals surface area (Å²) in [6.07, 6.45) is 0.992. The second-order valence-corrected chi connectivity index (χ2v) is 5.23. The first-order chi connectivity index (χ1) is 9.06. The van der Waals surface area contributed by atoms with Crippen LogP contribution in [-0.2, 0) is 7.05 Å². The molecule has 0 aliphatic rings. The highest BCUT2D eigenvalue weighted by Crippen LogP contribution is 2.22. The Hall–Kier alpha value is -1.55. The SMILES string of the molecule is CCC(CO)CN(C)c1ccc2c(c1)nc(C)n2C. The number of rotatable bonds is 5. The molecule has 0 saturated heterocycles.